The van der Waals surface area contributed by atoms with Crippen LogP contribution in [0.15, 0.2) is 29.8 Å². The summed E-state index contributed by atoms with van der Waals surface area (Å²) >= 11 is 1.70. The number of aliphatic hydroxyl groups is 1. The molecule has 3 aromatic rings. The first-order valence-corrected chi connectivity index (χ1v) is 12.6. The van der Waals surface area contributed by atoms with Gasteiger partial charge in [0.1, 0.15) is 10.8 Å². The molecule has 7 nitrogen and oxygen atoms in total. The third-order valence-electron chi connectivity index (χ3n) is 7.60. The van der Waals surface area contributed by atoms with Crippen molar-refractivity contribution in [3.05, 3.63) is 46.0 Å². The van der Waals surface area contributed by atoms with Gasteiger partial charge in [-0.3, -0.25) is 9.69 Å². The van der Waals surface area contributed by atoms with E-state index in [-0.39, 0.29) is 24.0 Å². The van der Waals surface area contributed by atoms with Gasteiger partial charge >= 0.3 is 0 Å². The second kappa shape index (κ2) is 8.74. The molecule has 1 atom stereocenters. The highest BCUT2D eigenvalue weighted by Gasteiger charge is 2.49. The predicted octanol–water partition coefficient (Wildman–Crippen LogP) is 3.46. The van der Waals surface area contributed by atoms with Crippen LogP contribution in [0.5, 0.6) is 5.75 Å². The molecule has 33 heavy (non-hydrogen) atoms. The molecule has 0 saturated carbocycles. The zero-order valence-corrected chi connectivity index (χ0v) is 20.4. The topological polar surface area (TPSA) is 70.8 Å². The van der Waals surface area contributed by atoms with Crippen molar-refractivity contribution in [2.24, 2.45) is 7.05 Å². The average Bonchev–Trinajstić information content (AvgIpc) is 3.46. The first-order chi connectivity index (χ1) is 16.0. The van der Waals surface area contributed by atoms with E-state index >= 15 is 0 Å². The Morgan fingerprint density at radius 2 is 2.12 bits per heavy atom. The van der Waals surface area contributed by atoms with Crippen LogP contribution in [0.3, 0.4) is 0 Å². The van der Waals surface area contributed by atoms with E-state index in [0.29, 0.717) is 13.0 Å². The Hall–Kier alpha value is -2.42. The van der Waals surface area contributed by atoms with Gasteiger partial charge in [-0.15, -0.1) is 11.3 Å². The van der Waals surface area contributed by atoms with Gasteiger partial charge in [0.15, 0.2) is 0 Å². The van der Waals surface area contributed by atoms with Crippen LogP contribution in [0.25, 0.3) is 10.9 Å². The predicted molar refractivity (Wildman–Crippen MR) is 130 cm³/mol. The molecular weight excluding hydrogens is 436 g/mol. The number of ether oxygens (including phenoxy) is 1. The van der Waals surface area contributed by atoms with Gasteiger partial charge in [0, 0.05) is 54.2 Å². The van der Waals surface area contributed by atoms with Crippen molar-refractivity contribution in [2.45, 2.75) is 44.2 Å². The number of aromatic nitrogens is 2. The van der Waals surface area contributed by atoms with Crippen LogP contribution in [0, 0.1) is 0 Å². The summed E-state index contributed by atoms with van der Waals surface area (Å²) in [6, 6.07) is 5.92. The molecule has 1 N–H and O–H groups in total. The van der Waals surface area contributed by atoms with Gasteiger partial charge in [0.25, 0.3) is 0 Å². The Bertz CT molecular complexity index is 1150. The van der Waals surface area contributed by atoms with Crippen LogP contribution in [0.2, 0.25) is 0 Å². The number of nitrogens with zero attached hydrogens (tertiary/aromatic N) is 4. The molecule has 1 saturated heterocycles. The van der Waals surface area contributed by atoms with E-state index in [9.17, 15) is 9.90 Å². The molecule has 8 heteroatoms. The lowest BCUT2D eigenvalue weighted by Crippen LogP contribution is -2.55. The number of aryl methyl sites for hydroxylation is 1. The van der Waals surface area contributed by atoms with E-state index in [1.165, 1.54) is 10.9 Å². The summed E-state index contributed by atoms with van der Waals surface area (Å²) in [6.45, 7) is 5.29. The molecule has 2 aliphatic heterocycles. The summed E-state index contributed by atoms with van der Waals surface area (Å²) in [5, 5.41) is 14.8. The molecule has 0 unspecified atom stereocenters. The summed E-state index contributed by atoms with van der Waals surface area (Å²) in [5.41, 5.74) is 3.35. The molecule has 1 fully saturated rings. The Morgan fingerprint density at radius 3 is 2.76 bits per heavy atom. The van der Waals surface area contributed by atoms with Crippen LogP contribution in [0.1, 0.15) is 48.5 Å². The Balaban J connectivity index is 1.60. The van der Waals surface area contributed by atoms with Crippen molar-refractivity contribution in [1.29, 1.82) is 0 Å². The van der Waals surface area contributed by atoms with Crippen LogP contribution < -0.4 is 4.74 Å². The van der Waals surface area contributed by atoms with E-state index in [0.717, 1.165) is 54.4 Å². The van der Waals surface area contributed by atoms with Gasteiger partial charge in [-0.1, -0.05) is 6.92 Å². The molecule has 1 spiro atoms. The Morgan fingerprint density at radius 1 is 1.33 bits per heavy atom. The number of amides is 1. The molecule has 0 radical (unpaired) electrons. The van der Waals surface area contributed by atoms with E-state index < -0.39 is 0 Å². The van der Waals surface area contributed by atoms with Gasteiger partial charge in [-0.25, -0.2) is 4.98 Å². The monoisotopic (exact) mass is 468 g/mol. The van der Waals surface area contributed by atoms with E-state index in [1.54, 1.807) is 18.4 Å². The largest absolute Gasteiger partial charge is 0.497 e. The Labute approximate surface area is 198 Å². The van der Waals surface area contributed by atoms with E-state index in [4.69, 9.17) is 4.74 Å². The van der Waals surface area contributed by atoms with E-state index in [2.05, 4.69) is 33.6 Å². The lowest BCUT2D eigenvalue weighted by molar-refractivity contribution is -0.137. The fourth-order valence-corrected chi connectivity index (χ4v) is 6.55. The molecule has 0 aliphatic carbocycles. The molecule has 2 aromatic heterocycles. The smallest absolute Gasteiger partial charge is 0.222 e. The number of carbonyl (C=O) groups excluding carboxylic acids is 1. The minimum absolute atomic E-state index is 0.0771. The van der Waals surface area contributed by atoms with Crippen molar-refractivity contribution < 1.29 is 14.6 Å². The van der Waals surface area contributed by atoms with Crippen molar-refractivity contribution in [3.63, 3.8) is 0 Å². The standard InChI is InChI=1S/C25H32N4O3S/c1-4-22(31)29-16-25(7-10-28(11-8-25)14-21-26-9-12-33-21)23-18-6-5-17(32-3)13-19(18)27(2)24(23)20(29)15-30/h5-6,9,12-13,20,30H,4,7-8,10-11,14-16H2,1-3H3/t20-/m0/s1. The van der Waals surface area contributed by atoms with Gasteiger partial charge in [-0.2, -0.15) is 0 Å². The first kappa shape index (κ1) is 22.4. The minimum atomic E-state index is -0.324. The highest BCUT2D eigenvalue weighted by molar-refractivity contribution is 7.09. The maximum Gasteiger partial charge on any atom is 0.222 e. The Kier molecular flexibility index (Phi) is 5.93. The van der Waals surface area contributed by atoms with Crippen molar-refractivity contribution in [1.82, 2.24) is 19.4 Å². The fourth-order valence-electron chi connectivity index (χ4n) is 5.89. The number of thiazole rings is 1. The summed E-state index contributed by atoms with van der Waals surface area (Å²) < 4.78 is 7.67. The molecule has 2 aliphatic rings. The lowest BCUT2D eigenvalue weighted by Gasteiger charge is -2.50. The van der Waals surface area contributed by atoms with Crippen molar-refractivity contribution in [3.8, 4) is 5.75 Å². The molecule has 5 rings (SSSR count). The molecule has 4 heterocycles. The molecular formula is C25H32N4O3S. The highest BCUT2D eigenvalue weighted by Crippen LogP contribution is 2.50. The number of methoxy groups -OCH3 is 1. The number of hydrogen-bond acceptors (Lipinski definition) is 6. The SMILES string of the molecule is CCC(=O)N1CC2(CCN(Cc3nccs3)CC2)c2c(n(C)c3cc(OC)ccc23)[C@@H]1CO. The third-order valence-corrected chi connectivity index (χ3v) is 8.36. The normalized spacial score (nSPS) is 20.4. The number of likely N-dealkylation sites (tertiary alicyclic amines) is 1. The van der Waals surface area contributed by atoms with Crippen molar-refractivity contribution >= 4 is 28.1 Å². The summed E-state index contributed by atoms with van der Waals surface area (Å²) in [4.78, 5) is 21.9. The number of benzene rings is 1. The van der Waals surface area contributed by atoms with Crippen LogP contribution in [-0.4, -0.2) is 63.7 Å². The highest BCUT2D eigenvalue weighted by atomic mass is 32.1. The maximum absolute atomic E-state index is 13.0. The first-order valence-electron chi connectivity index (χ1n) is 11.7. The van der Waals surface area contributed by atoms with Gasteiger partial charge < -0.3 is 19.3 Å². The van der Waals surface area contributed by atoms with E-state index in [1.807, 2.05) is 29.5 Å². The second-order valence-corrected chi connectivity index (χ2v) is 10.2. The number of aliphatic hydroxyl groups excluding tert-OH is 1. The molecule has 0 bridgehead atoms. The van der Waals surface area contributed by atoms with Gasteiger partial charge in [0.2, 0.25) is 5.91 Å². The minimum Gasteiger partial charge on any atom is -0.497 e. The molecule has 1 amide bonds. The maximum atomic E-state index is 13.0. The van der Waals surface area contributed by atoms with Crippen molar-refractivity contribution in [2.75, 3.05) is 33.4 Å². The zero-order chi connectivity index (χ0) is 23.2. The quantitative estimate of drug-likeness (QED) is 0.621. The summed E-state index contributed by atoms with van der Waals surface area (Å²) in [5.74, 6) is 0.918. The number of piperidine rings is 1. The lowest BCUT2D eigenvalue weighted by atomic mass is 9.68. The summed E-state index contributed by atoms with van der Waals surface area (Å²) in [7, 11) is 3.73. The third kappa shape index (κ3) is 3.64. The fraction of sp³-hybridized carbons (Fsp3) is 0.520. The average molecular weight is 469 g/mol. The zero-order valence-electron chi connectivity index (χ0n) is 19.6. The number of carbonyl (C=O) groups is 1. The molecule has 176 valence electrons. The van der Waals surface area contributed by atoms with Gasteiger partial charge in [0.05, 0.1) is 31.8 Å². The number of rotatable bonds is 5. The van der Waals surface area contributed by atoms with Gasteiger partial charge in [-0.05, 0) is 43.6 Å². The second-order valence-electron chi connectivity index (χ2n) is 9.26. The van der Waals surface area contributed by atoms with Crippen LogP contribution >= 0.6 is 11.3 Å². The molecule has 1 aromatic carbocycles. The number of fused-ring (bicyclic) bond motifs is 4. The summed E-state index contributed by atoms with van der Waals surface area (Å²) in [6.07, 6.45) is 4.26. The van der Waals surface area contributed by atoms with Crippen LogP contribution in [0.4, 0.5) is 0 Å². The van der Waals surface area contributed by atoms with Crippen LogP contribution in [-0.2, 0) is 23.8 Å². The number of hydrogen-bond donors (Lipinski definition) is 1.